The lowest BCUT2D eigenvalue weighted by atomic mass is 10.1. The number of amides is 2. The third-order valence-electron chi connectivity index (χ3n) is 2.43. The molecule has 0 spiro atoms. The Morgan fingerprint density at radius 2 is 2.00 bits per heavy atom. The fourth-order valence-corrected chi connectivity index (χ4v) is 1.59. The summed E-state index contributed by atoms with van der Waals surface area (Å²) in [6.45, 7) is 3.67. The molecule has 0 atom stereocenters. The molecule has 0 aromatic heterocycles. The van der Waals surface area contributed by atoms with Gasteiger partial charge in [-0.25, -0.2) is 4.39 Å². The van der Waals surface area contributed by atoms with E-state index >= 15 is 0 Å². The summed E-state index contributed by atoms with van der Waals surface area (Å²) in [5, 5.41) is 5.20. The molecule has 0 fully saturated rings. The first-order valence-electron chi connectivity index (χ1n) is 6.28. The summed E-state index contributed by atoms with van der Waals surface area (Å²) in [4.78, 5) is 22.8. The van der Waals surface area contributed by atoms with Crippen LogP contribution in [0, 0.1) is 5.82 Å². The first kappa shape index (κ1) is 15.1. The van der Waals surface area contributed by atoms with E-state index in [2.05, 4.69) is 10.6 Å². The lowest BCUT2D eigenvalue weighted by molar-refractivity contribution is -0.126. The van der Waals surface area contributed by atoms with E-state index in [1.165, 1.54) is 12.1 Å². The first-order chi connectivity index (χ1) is 8.97. The molecule has 2 amide bonds. The van der Waals surface area contributed by atoms with Gasteiger partial charge < -0.3 is 10.6 Å². The number of hydrogen-bond acceptors (Lipinski definition) is 2. The molecular weight excluding hydrogens is 247 g/mol. The molecule has 0 aliphatic carbocycles. The van der Waals surface area contributed by atoms with Crippen molar-refractivity contribution in [2.75, 3.05) is 6.54 Å². The molecule has 0 saturated heterocycles. The van der Waals surface area contributed by atoms with Crippen LogP contribution in [-0.2, 0) is 16.0 Å². The van der Waals surface area contributed by atoms with Crippen molar-refractivity contribution in [3.63, 3.8) is 0 Å². The minimum absolute atomic E-state index is 0.0276. The second-order valence-corrected chi connectivity index (χ2v) is 4.63. The van der Waals surface area contributed by atoms with Gasteiger partial charge in [-0.1, -0.05) is 12.1 Å². The highest BCUT2D eigenvalue weighted by Crippen LogP contribution is 2.05. The van der Waals surface area contributed by atoms with Crippen LogP contribution in [0.15, 0.2) is 24.3 Å². The van der Waals surface area contributed by atoms with E-state index in [1.807, 2.05) is 13.8 Å². The summed E-state index contributed by atoms with van der Waals surface area (Å²) in [5.41, 5.74) is 0.766. The van der Waals surface area contributed by atoms with Gasteiger partial charge in [0.25, 0.3) is 0 Å². The lowest BCUT2D eigenvalue weighted by Crippen LogP contribution is -2.39. The smallest absolute Gasteiger partial charge is 0.239 e. The van der Waals surface area contributed by atoms with E-state index in [0.29, 0.717) is 6.42 Å². The quantitative estimate of drug-likeness (QED) is 0.817. The van der Waals surface area contributed by atoms with Crippen LogP contribution >= 0.6 is 0 Å². The Kier molecular flexibility index (Phi) is 5.99. The number of hydrogen-bond donors (Lipinski definition) is 2. The largest absolute Gasteiger partial charge is 0.352 e. The predicted molar refractivity (Wildman–Crippen MR) is 71.0 cm³/mol. The molecule has 5 heteroatoms. The molecule has 0 unspecified atom stereocenters. The number of halogens is 1. The summed E-state index contributed by atoms with van der Waals surface area (Å²) < 4.78 is 12.9. The van der Waals surface area contributed by atoms with Crippen molar-refractivity contribution >= 4 is 11.8 Å². The van der Waals surface area contributed by atoms with Crippen LogP contribution in [0.1, 0.15) is 25.8 Å². The number of benzene rings is 1. The van der Waals surface area contributed by atoms with Crippen molar-refractivity contribution in [3.05, 3.63) is 35.6 Å². The lowest BCUT2D eigenvalue weighted by Gasteiger charge is -2.09. The Morgan fingerprint density at radius 1 is 1.26 bits per heavy atom. The van der Waals surface area contributed by atoms with Gasteiger partial charge in [-0.15, -0.1) is 0 Å². The van der Waals surface area contributed by atoms with Crippen LogP contribution in [0.2, 0.25) is 0 Å². The van der Waals surface area contributed by atoms with E-state index < -0.39 is 0 Å². The van der Waals surface area contributed by atoms with Crippen molar-refractivity contribution in [1.29, 1.82) is 0 Å². The van der Waals surface area contributed by atoms with Crippen LogP contribution in [-0.4, -0.2) is 24.4 Å². The zero-order chi connectivity index (χ0) is 14.3. The average Bonchev–Trinajstić information content (AvgIpc) is 2.33. The van der Waals surface area contributed by atoms with E-state index in [9.17, 15) is 14.0 Å². The molecule has 19 heavy (non-hydrogen) atoms. The Morgan fingerprint density at radius 3 is 2.63 bits per heavy atom. The van der Waals surface area contributed by atoms with E-state index in [4.69, 9.17) is 0 Å². The maximum Gasteiger partial charge on any atom is 0.239 e. The summed E-state index contributed by atoms with van der Waals surface area (Å²) in [5.74, 6) is -0.744. The van der Waals surface area contributed by atoms with E-state index in [-0.39, 0.29) is 36.6 Å². The van der Waals surface area contributed by atoms with E-state index in [1.54, 1.807) is 12.1 Å². The monoisotopic (exact) mass is 266 g/mol. The van der Waals surface area contributed by atoms with Gasteiger partial charge in [-0.05, 0) is 38.0 Å². The highest BCUT2D eigenvalue weighted by molar-refractivity contribution is 5.84. The molecule has 1 rings (SSSR count). The molecule has 2 N–H and O–H groups in total. The van der Waals surface area contributed by atoms with Crippen LogP contribution in [0.4, 0.5) is 4.39 Å². The second kappa shape index (κ2) is 7.51. The minimum atomic E-state index is -0.311. The first-order valence-corrected chi connectivity index (χ1v) is 6.28. The second-order valence-electron chi connectivity index (χ2n) is 4.63. The van der Waals surface area contributed by atoms with Gasteiger partial charge >= 0.3 is 0 Å². The van der Waals surface area contributed by atoms with Crippen LogP contribution in [0.3, 0.4) is 0 Å². The zero-order valence-electron chi connectivity index (χ0n) is 11.2. The Bertz CT molecular complexity index is 447. The van der Waals surface area contributed by atoms with Crippen molar-refractivity contribution < 1.29 is 14.0 Å². The topological polar surface area (TPSA) is 58.2 Å². The molecule has 0 heterocycles. The molecule has 1 aromatic carbocycles. The number of carbonyl (C=O) groups is 2. The van der Waals surface area contributed by atoms with E-state index in [0.717, 1.165) is 5.56 Å². The fourth-order valence-electron chi connectivity index (χ4n) is 1.59. The van der Waals surface area contributed by atoms with Crippen LogP contribution < -0.4 is 10.6 Å². The molecule has 0 saturated carbocycles. The highest BCUT2D eigenvalue weighted by atomic mass is 19.1. The summed E-state index contributed by atoms with van der Waals surface area (Å²) >= 11 is 0. The minimum Gasteiger partial charge on any atom is -0.352 e. The standard InChI is InChI=1S/C14H19FN2O2/c1-10(2)17-14(19)9-16-13(18)7-6-11-4-3-5-12(15)8-11/h3-5,8,10H,6-7,9H2,1-2H3,(H,16,18)(H,17,19). The Hall–Kier alpha value is -1.91. The van der Waals surface area contributed by atoms with Gasteiger partial charge in [-0.2, -0.15) is 0 Å². The van der Waals surface area contributed by atoms with Gasteiger partial charge in [0.15, 0.2) is 0 Å². The molecular formula is C14H19FN2O2. The van der Waals surface area contributed by atoms with Crippen molar-refractivity contribution in [2.45, 2.75) is 32.7 Å². The maximum absolute atomic E-state index is 12.9. The normalized spacial score (nSPS) is 10.3. The van der Waals surface area contributed by atoms with Gasteiger partial charge in [-0.3, -0.25) is 9.59 Å². The maximum atomic E-state index is 12.9. The molecule has 104 valence electrons. The third kappa shape index (κ3) is 6.55. The summed E-state index contributed by atoms with van der Waals surface area (Å²) in [6, 6.07) is 6.19. The summed E-state index contributed by atoms with van der Waals surface area (Å²) in [6.07, 6.45) is 0.688. The van der Waals surface area contributed by atoms with Crippen molar-refractivity contribution in [1.82, 2.24) is 10.6 Å². The van der Waals surface area contributed by atoms with Crippen LogP contribution in [0.25, 0.3) is 0 Å². The van der Waals surface area contributed by atoms with Gasteiger partial charge in [0.1, 0.15) is 5.82 Å². The van der Waals surface area contributed by atoms with Crippen molar-refractivity contribution in [3.8, 4) is 0 Å². The number of aryl methyl sites for hydroxylation is 1. The zero-order valence-corrected chi connectivity index (χ0v) is 11.2. The summed E-state index contributed by atoms with van der Waals surface area (Å²) in [7, 11) is 0. The van der Waals surface area contributed by atoms with Crippen molar-refractivity contribution in [2.24, 2.45) is 0 Å². The molecule has 4 nitrogen and oxygen atoms in total. The number of rotatable bonds is 6. The van der Waals surface area contributed by atoms with Gasteiger partial charge in [0.2, 0.25) is 11.8 Å². The Labute approximate surface area is 112 Å². The molecule has 0 radical (unpaired) electrons. The van der Waals surface area contributed by atoms with Crippen LogP contribution in [0.5, 0.6) is 0 Å². The average molecular weight is 266 g/mol. The van der Waals surface area contributed by atoms with Gasteiger partial charge in [0, 0.05) is 12.5 Å². The molecule has 0 aliphatic heterocycles. The fraction of sp³-hybridized carbons (Fsp3) is 0.429. The molecule has 0 bridgehead atoms. The molecule has 0 aliphatic rings. The Balaban J connectivity index is 2.26. The molecule has 1 aromatic rings. The third-order valence-corrected chi connectivity index (χ3v) is 2.43. The van der Waals surface area contributed by atoms with Gasteiger partial charge in [0.05, 0.1) is 6.54 Å². The number of nitrogens with one attached hydrogen (secondary N) is 2. The number of carbonyl (C=O) groups excluding carboxylic acids is 2. The predicted octanol–water partition coefficient (Wildman–Crippen LogP) is 1.40. The highest BCUT2D eigenvalue weighted by Gasteiger charge is 2.07. The SMILES string of the molecule is CC(C)NC(=O)CNC(=O)CCc1cccc(F)c1.